The molecule has 4 rings (SSSR count). The van der Waals surface area contributed by atoms with Gasteiger partial charge >= 0.3 is 5.97 Å². The molecule has 0 aliphatic carbocycles. The van der Waals surface area contributed by atoms with Crippen LogP contribution in [-0.2, 0) is 26.2 Å². The van der Waals surface area contributed by atoms with Gasteiger partial charge in [-0.25, -0.2) is 4.79 Å². The van der Waals surface area contributed by atoms with E-state index in [0.29, 0.717) is 6.42 Å². The fourth-order valence-electron chi connectivity index (χ4n) is 4.65. The van der Waals surface area contributed by atoms with Gasteiger partial charge in [0.05, 0.1) is 12.5 Å². The van der Waals surface area contributed by atoms with Gasteiger partial charge in [-0.15, -0.1) is 0 Å². The van der Waals surface area contributed by atoms with E-state index in [0.717, 1.165) is 25.8 Å². The predicted octanol–water partition coefficient (Wildman–Crippen LogP) is 5.92. The number of benzene rings is 4. The highest BCUT2D eigenvalue weighted by Crippen LogP contribution is 2.42. The van der Waals surface area contributed by atoms with E-state index in [1.54, 1.807) is 0 Å². The SMILES string of the molecule is COC(=O)[C@H](Cc1ccc(I)cc1)NC(=O)CC(c1ccccc1)(c1ccccc1)c1ccccc1. The van der Waals surface area contributed by atoms with E-state index >= 15 is 0 Å². The van der Waals surface area contributed by atoms with E-state index < -0.39 is 17.4 Å². The minimum absolute atomic E-state index is 0.130. The second kappa shape index (κ2) is 12.0. The van der Waals surface area contributed by atoms with Crippen LogP contribution in [0, 0.1) is 3.57 Å². The molecule has 0 heterocycles. The molecule has 0 saturated heterocycles. The molecule has 4 aromatic rings. The molecule has 0 radical (unpaired) electrons. The summed E-state index contributed by atoms with van der Waals surface area (Å²) in [6, 6.07) is 37.3. The molecule has 0 spiro atoms. The van der Waals surface area contributed by atoms with Gasteiger partial charge in [0.2, 0.25) is 5.91 Å². The number of hydrogen-bond acceptors (Lipinski definition) is 3. The van der Waals surface area contributed by atoms with Crippen molar-refractivity contribution in [2.75, 3.05) is 7.11 Å². The molecule has 0 bridgehead atoms. The van der Waals surface area contributed by atoms with Crippen LogP contribution in [-0.4, -0.2) is 25.0 Å². The number of carbonyl (C=O) groups is 2. The zero-order valence-corrected chi connectivity index (χ0v) is 22.2. The molecule has 5 heteroatoms. The summed E-state index contributed by atoms with van der Waals surface area (Å²) in [5, 5.41) is 2.98. The molecule has 4 aromatic carbocycles. The lowest BCUT2D eigenvalue weighted by Gasteiger charge is -2.36. The third-order valence-corrected chi connectivity index (χ3v) is 7.12. The van der Waals surface area contributed by atoms with Crippen molar-refractivity contribution < 1.29 is 14.3 Å². The molecule has 1 amide bonds. The van der Waals surface area contributed by atoms with Gasteiger partial charge in [0.25, 0.3) is 0 Å². The first-order valence-electron chi connectivity index (χ1n) is 11.8. The summed E-state index contributed by atoms with van der Waals surface area (Å²) in [5.74, 6) is -0.695. The maximum atomic E-state index is 13.7. The summed E-state index contributed by atoms with van der Waals surface area (Å²) in [6.07, 6.45) is 0.482. The van der Waals surface area contributed by atoms with E-state index in [-0.39, 0.29) is 12.3 Å². The highest BCUT2D eigenvalue weighted by Gasteiger charge is 2.39. The van der Waals surface area contributed by atoms with Crippen LogP contribution in [0.3, 0.4) is 0 Å². The van der Waals surface area contributed by atoms with E-state index in [1.807, 2.05) is 78.9 Å². The largest absolute Gasteiger partial charge is 0.467 e. The average molecular weight is 589 g/mol. The molecular formula is C31H28INO3. The van der Waals surface area contributed by atoms with Crippen molar-refractivity contribution in [3.63, 3.8) is 0 Å². The number of esters is 1. The Morgan fingerprint density at radius 3 is 1.61 bits per heavy atom. The van der Waals surface area contributed by atoms with E-state index in [1.165, 1.54) is 7.11 Å². The average Bonchev–Trinajstić information content (AvgIpc) is 2.93. The van der Waals surface area contributed by atoms with Gasteiger partial charge in [-0.3, -0.25) is 4.79 Å². The zero-order chi connectivity index (χ0) is 25.4. The Kier molecular flexibility index (Phi) is 8.54. The van der Waals surface area contributed by atoms with Crippen molar-refractivity contribution in [1.82, 2.24) is 5.32 Å². The standard InChI is InChI=1S/C31H28INO3/c1-36-30(35)28(21-23-17-19-27(32)20-18-23)33-29(34)22-31(24-11-5-2-6-12-24,25-13-7-3-8-14-25)26-15-9-4-10-16-26/h2-20,28H,21-22H2,1H3,(H,33,34)/t28-/m0/s1. The lowest BCUT2D eigenvalue weighted by atomic mass is 9.67. The lowest BCUT2D eigenvalue weighted by Crippen LogP contribution is -2.46. The topological polar surface area (TPSA) is 55.4 Å². The smallest absolute Gasteiger partial charge is 0.328 e. The molecule has 4 nitrogen and oxygen atoms in total. The highest BCUT2D eigenvalue weighted by atomic mass is 127. The van der Waals surface area contributed by atoms with Gasteiger partial charge in [-0.1, -0.05) is 103 Å². The van der Waals surface area contributed by atoms with Gasteiger partial charge in [0.15, 0.2) is 0 Å². The van der Waals surface area contributed by atoms with Crippen LogP contribution in [0.1, 0.15) is 28.7 Å². The number of ether oxygens (including phenoxy) is 1. The molecule has 182 valence electrons. The Bertz CT molecular complexity index is 1180. The lowest BCUT2D eigenvalue weighted by molar-refractivity contribution is -0.145. The van der Waals surface area contributed by atoms with Crippen molar-refractivity contribution in [3.05, 3.63) is 141 Å². The number of carbonyl (C=O) groups excluding carboxylic acids is 2. The summed E-state index contributed by atoms with van der Waals surface area (Å²) in [4.78, 5) is 26.4. The van der Waals surface area contributed by atoms with Gasteiger partial charge in [-0.2, -0.15) is 0 Å². The summed E-state index contributed by atoms with van der Waals surface area (Å²) < 4.78 is 6.14. The molecule has 36 heavy (non-hydrogen) atoms. The summed E-state index contributed by atoms with van der Waals surface area (Å²) in [7, 11) is 1.34. The van der Waals surface area contributed by atoms with Crippen LogP contribution in [0.15, 0.2) is 115 Å². The second-order valence-electron chi connectivity index (χ2n) is 8.65. The maximum absolute atomic E-state index is 13.7. The predicted molar refractivity (Wildman–Crippen MR) is 151 cm³/mol. The highest BCUT2D eigenvalue weighted by molar-refractivity contribution is 14.1. The molecule has 0 unspecified atom stereocenters. The van der Waals surface area contributed by atoms with Crippen molar-refractivity contribution in [2.45, 2.75) is 24.3 Å². The summed E-state index contributed by atoms with van der Waals surface area (Å²) in [6.45, 7) is 0. The van der Waals surface area contributed by atoms with Gasteiger partial charge in [0.1, 0.15) is 6.04 Å². The van der Waals surface area contributed by atoms with Crippen molar-refractivity contribution in [3.8, 4) is 0 Å². The first-order valence-corrected chi connectivity index (χ1v) is 12.9. The van der Waals surface area contributed by atoms with E-state index in [4.69, 9.17) is 4.74 Å². The van der Waals surface area contributed by atoms with Crippen LogP contribution in [0.25, 0.3) is 0 Å². The quantitative estimate of drug-likeness (QED) is 0.150. The molecule has 1 N–H and O–H groups in total. The second-order valence-corrected chi connectivity index (χ2v) is 9.90. The first-order chi connectivity index (χ1) is 17.5. The number of rotatable bonds is 9. The number of amides is 1. The molecule has 0 aliphatic heterocycles. The molecule has 0 fully saturated rings. The minimum atomic E-state index is -0.789. The number of halogens is 1. The Balaban J connectivity index is 1.73. The first kappa shape index (κ1) is 25.6. The zero-order valence-electron chi connectivity index (χ0n) is 20.1. The normalized spacial score (nSPS) is 11.9. The molecular weight excluding hydrogens is 561 g/mol. The van der Waals surface area contributed by atoms with E-state index in [2.05, 4.69) is 64.3 Å². The van der Waals surface area contributed by atoms with Crippen molar-refractivity contribution >= 4 is 34.5 Å². The van der Waals surface area contributed by atoms with Crippen LogP contribution in [0.2, 0.25) is 0 Å². The number of hydrogen-bond donors (Lipinski definition) is 1. The fourth-order valence-corrected chi connectivity index (χ4v) is 5.01. The Labute approximate surface area is 225 Å². The van der Waals surface area contributed by atoms with Crippen LogP contribution >= 0.6 is 22.6 Å². The van der Waals surface area contributed by atoms with Crippen LogP contribution in [0.4, 0.5) is 0 Å². The molecule has 1 atom stereocenters. The van der Waals surface area contributed by atoms with Gasteiger partial charge < -0.3 is 10.1 Å². The number of nitrogens with one attached hydrogen (secondary N) is 1. The Morgan fingerprint density at radius 1 is 0.750 bits per heavy atom. The third-order valence-electron chi connectivity index (χ3n) is 6.40. The van der Waals surface area contributed by atoms with Gasteiger partial charge in [0, 0.05) is 16.4 Å². The van der Waals surface area contributed by atoms with Crippen molar-refractivity contribution in [1.29, 1.82) is 0 Å². The third kappa shape index (κ3) is 5.85. The van der Waals surface area contributed by atoms with E-state index in [9.17, 15) is 9.59 Å². The molecule has 0 aliphatic rings. The van der Waals surface area contributed by atoms with Gasteiger partial charge in [-0.05, 0) is 57.0 Å². The Morgan fingerprint density at radius 2 is 1.19 bits per heavy atom. The summed E-state index contributed by atoms with van der Waals surface area (Å²) in [5.41, 5.74) is 3.23. The fraction of sp³-hybridized carbons (Fsp3) is 0.161. The molecule has 0 aromatic heterocycles. The number of methoxy groups -OCH3 is 1. The summed E-state index contributed by atoms with van der Waals surface area (Å²) >= 11 is 2.24. The van der Waals surface area contributed by atoms with Crippen LogP contribution in [0.5, 0.6) is 0 Å². The Hall–Kier alpha value is -3.45. The van der Waals surface area contributed by atoms with Crippen molar-refractivity contribution in [2.24, 2.45) is 0 Å². The monoisotopic (exact) mass is 589 g/mol. The maximum Gasteiger partial charge on any atom is 0.328 e. The van der Waals surface area contributed by atoms with Crippen LogP contribution < -0.4 is 5.32 Å². The minimum Gasteiger partial charge on any atom is -0.467 e. The molecule has 0 saturated carbocycles.